The highest BCUT2D eigenvalue weighted by atomic mass is 35.5. The van der Waals surface area contributed by atoms with Crippen LogP contribution in [0.2, 0.25) is 5.02 Å². The number of benzene rings is 4. The van der Waals surface area contributed by atoms with Gasteiger partial charge in [-0.15, -0.1) is 0 Å². The third-order valence-electron chi connectivity index (χ3n) is 7.91. The van der Waals surface area contributed by atoms with Crippen molar-refractivity contribution in [3.05, 3.63) is 111 Å². The van der Waals surface area contributed by atoms with Crippen molar-refractivity contribution in [1.82, 2.24) is 15.2 Å². The number of hydrogen-bond acceptors (Lipinski definition) is 8. The fraction of sp³-hybridized carbons (Fsp3) is 0.273. The minimum atomic E-state index is -0.407. The second-order valence-corrected chi connectivity index (χ2v) is 11.2. The molecule has 1 aromatic heterocycles. The average Bonchev–Trinajstić information content (AvgIpc) is 3.49. The molecule has 0 amide bonds. The predicted octanol–water partition coefficient (Wildman–Crippen LogP) is 7.98. The summed E-state index contributed by atoms with van der Waals surface area (Å²) in [6, 6.07) is 24.7. The molecule has 220 valence electrons. The van der Waals surface area contributed by atoms with Gasteiger partial charge in [-0.3, -0.25) is 15.0 Å². The number of hydrogen-bond donors (Lipinski definition) is 0. The normalized spacial score (nSPS) is 15.4. The summed E-state index contributed by atoms with van der Waals surface area (Å²) in [5.74, 6) is 0.647. The molecule has 10 heteroatoms. The molecule has 2 heterocycles. The topological polar surface area (TPSA) is 104 Å². The van der Waals surface area contributed by atoms with Crippen LogP contribution in [-0.4, -0.2) is 32.7 Å². The van der Waals surface area contributed by atoms with Crippen molar-refractivity contribution in [2.75, 3.05) is 6.54 Å². The number of ether oxygens (including phenoxy) is 2. The molecule has 0 N–H and O–H groups in total. The molecule has 0 spiro atoms. The lowest BCUT2D eigenvalue weighted by atomic mass is 10.0. The number of nitro benzene ring substituents is 1. The maximum atomic E-state index is 12.3. The Labute approximate surface area is 254 Å². The lowest BCUT2D eigenvalue weighted by Crippen LogP contribution is -2.36. The van der Waals surface area contributed by atoms with E-state index in [9.17, 15) is 10.1 Å². The van der Waals surface area contributed by atoms with Crippen molar-refractivity contribution < 1.29 is 19.0 Å². The SMILES string of the molecule is C[C@@H]1CCCCN1Cc1cc([N+](=O)[O-])c(OCc2cccc(-c3ccccc3)c2Cl)cc1OCc1ccc2nonc2c1. The Morgan fingerprint density at radius 2 is 1.74 bits per heavy atom. The molecule has 9 nitrogen and oxygen atoms in total. The molecule has 0 radical (unpaired) electrons. The Kier molecular flexibility index (Phi) is 8.53. The number of likely N-dealkylation sites (tertiary alicyclic amines) is 1. The third-order valence-corrected chi connectivity index (χ3v) is 8.36. The molecule has 5 aromatic rings. The van der Waals surface area contributed by atoms with Crippen LogP contribution in [0.4, 0.5) is 5.69 Å². The van der Waals surface area contributed by atoms with E-state index in [0.717, 1.165) is 47.2 Å². The standard InChI is InChI=1S/C33H31ClN4O5/c1-22-8-5-6-15-37(22)19-26-17-30(38(39)40)32(18-31(26)41-20-23-13-14-28-29(16-23)36-43-35-28)42-21-25-11-7-12-27(33(25)34)24-9-3-2-4-10-24/h2-4,7,9-14,16-18,22H,5-6,8,15,19-21H2,1H3/t22-/m1/s1. The van der Waals surface area contributed by atoms with Gasteiger partial charge in [-0.2, -0.15) is 0 Å². The van der Waals surface area contributed by atoms with Crippen LogP contribution in [0, 0.1) is 10.1 Å². The quantitative estimate of drug-likeness (QED) is 0.118. The summed E-state index contributed by atoms with van der Waals surface area (Å²) in [7, 11) is 0. The van der Waals surface area contributed by atoms with E-state index in [1.54, 1.807) is 12.1 Å². The van der Waals surface area contributed by atoms with Gasteiger partial charge in [-0.05, 0) is 59.9 Å². The van der Waals surface area contributed by atoms with Crippen molar-refractivity contribution in [3.8, 4) is 22.6 Å². The van der Waals surface area contributed by atoms with Crippen LogP contribution >= 0.6 is 11.6 Å². The maximum absolute atomic E-state index is 12.3. The zero-order valence-corrected chi connectivity index (χ0v) is 24.5. The summed E-state index contributed by atoms with van der Waals surface area (Å²) in [5, 5.41) is 20.6. The largest absolute Gasteiger partial charge is 0.488 e. The first-order valence-electron chi connectivity index (χ1n) is 14.3. The van der Waals surface area contributed by atoms with Gasteiger partial charge in [0.2, 0.25) is 5.75 Å². The molecule has 0 saturated carbocycles. The smallest absolute Gasteiger partial charge is 0.311 e. The Bertz CT molecular complexity index is 1740. The van der Waals surface area contributed by atoms with Crippen LogP contribution in [-0.2, 0) is 19.8 Å². The molecule has 6 rings (SSSR count). The second-order valence-electron chi connectivity index (χ2n) is 10.8. The minimum Gasteiger partial charge on any atom is -0.488 e. The fourth-order valence-electron chi connectivity index (χ4n) is 5.49. The van der Waals surface area contributed by atoms with Crippen molar-refractivity contribution in [2.45, 2.75) is 52.0 Å². The van der Waals surface area contributed by atoms with Crippen molar-refractivity contribution in [3.63, 3.8) is 0 Å². The Morgan fingerprint density at radius 3 is 2.56 bits per heavy atom. The Balaban J connectivity index is 1.30. The summed E-state index contributed by atoms with van der Waals surface area (Å²) in [6.45, 7) is 3.94. The first-order valence-corrected chi connectivity index (χ1v) is 14.7. The van der Waals surface area contributed by atoms with E-state index in [4.69, 9.17) is 25.7 Å². The lowest BCUT2D eigenvalue weighted by Gasteiger charge is -2.33. The minimum absolute atomic E-state index is 0.0537. The van der Waals surface area contributed by atoms with Gasteiger partial charge in [-0.1, -0.05) is 72.6 Å². The van der Waals surface area contributed by atoms with Crippen LogP contribution in [0.5, 0.6) is 11.5 Å². The van der Waals surface area contributed by atoms with E-state index in [0.29, 0.717) is 34.4 Å². The zero-order valence-electron chi connectivity index (χ0n) is 23.7. The molecule has 1 aliphatic rings. The molecule has 1 fully saturated rings. The average molecular weight is 599 g/mol. The van der Waals surface area contributed by atoms with Crippen LogP contribution in [0.1, 0.15) is 42.9 Å². The molecular formula is C33H31ClN4O5. The monoisotopic (exact) mass is 598 g/mol. The number of rotatable bonds is 10. The van der Waals surface area contributed by atoms with Gasteiger partial charge in [0.15, 0.2) is 0 Å². The molecule has 4 aromatic carbocycles. The zero-order chi connectivity index (χ0) is 29.8. The van der Waals surface area contributed by atoms with Gasteiger partial charge in [0, 0.05) is 41.4 Å². The lowest BCUT2D eigenvalue weighted by molar-refractivity contribution is -0.386. The van der Waals surface area contributed by atoms with Gasteiger partial charge < -0.3 is 9.47 Å². The van der Waals surface area contributed by atoms with Crippen LogP contribution in [0.15, 0.2) is 83.5 Å². The molecule has 1 aliphatic heterocycles. The fourth-order valence-corrected chi connectivity index (χ4v) is 5.78. The molecule has 0 aliphatic carbocycles. The molecule has 1 atom stereocenters. The summed E-state index contributed by atoms with van der Waals surface area (Å²) < 4.78 is 17.2. The van der Waals surface area contributed by atoms with Crippen molar-refractivity contribution in [1.29, 1.82) is 0 Å². The third kappa shape index (κ3) is 6.48. The number of aromatic nitrogens is 2. The van der Waals surface area contributed by atoms with Gasteiger partial charge >= 0.3 is 5.69 Å². The van der Waals surface area contributed by atoms with E-state index < -0.39 is 4.92 Å². The van der Waals surface area contributed by atoms with Gasteiger partial charge in [-0.25, -0.2) is 4.63 Å². The molecular weight excluding hydrogens is 568 g/mol. The number of fused-ring (bicyclic) bond motifs is 1. The summed E-state index contributed by atoms with van der Waals surface area (Å²) in [4.78, 5) is 14.2. The number of halogens is 1. The summed E-state index contributed by atoms with van der Waals surface area (Å²) in [5.41, 5.74) is 5.35. The molecule has 0 unspecified atom stereocenters. The van der Waals surface area contributed by atoms with E-state index >= 15 is 0 Å². The maximum Gasteiger partial charge on any atom is 0.311 e. The number of nitrogens with zero attached hydrogens (tertiary/aromatic N) is 4. The van der Waals surface area contributed by atoms with Crippen LogP contribution in [0.3, 0.4) is 0 Å². The number of piperidine rings is 1. The predicted molar refractivity (Wildman–Crippen MR) is 164 cm³/mol. The van der Waals surface area contributed by atoms with Crippen LogP contribution in [0.25, 0.3) is 22.2 Å². The van der Waals surface area contributed by atoms with E-state index in [1.165, 1.54) is 6.42 Å². The first-order chi connectivity index (χ1) is 21.0. The summed E-state index contributed by atoms with van der Waals surface area (Å²) >= 11 is 6.78. The number of nitro groups is 1. The molecule has 1 saturated heterocycles. The van der Waals surface area contributed by atoms with Gasteiger partial charge in [0.25, 0.3) is 0 Å². The highest BCUT2D eigenvalue weighted by Crippen LogP contribution is 2.38. The van der Waals surface area contributed by atoms with Crippen molar-refractivity contribution >= 4 is 28.3 Å². The second kappa shape index (κ2) is 12.8. The highest BCUT2D eigenvalue weighted by Gasteiger charge is 2.25. The Morgan fingerprint density at radius 1 is 0.930 bits per heavy atom. The van der Waals surface area contributed by atoms with E-state index in [2.05, 4.69) is 22.1 Å². The first kappa shape index (κ1) is 28.6. The van der Waals surface area contributed by atoms with Crippen LogP contribution < -0.4 is 9.47 Å². The van der Waals surface area contributed by atoms with Gasteiger partial charge in [0.05, 0.1) is 9.95 Å². The van der Waals surface area contributed by atoms with E-state index in [-0.39, 0.29) is 24.7 Å². The van der Waals surface area contributed by atoms with Crippen molar-refractivity contribution in [2.24, 2.45) is 0 Å². The summed E-state index contributed by atoms with van der Waals surface area (Å²) in [6.07, 6.45) is 3.37. The molecule has 0 bridgehead atoms. The van der Waals surface area contributed by atoms with Gasteiger partial charge in [0.1, 0.15) is 30.0 Å². The molecule has 43 heavy (non-hydrogen) atoms. The van der Waals surface area contributed by atoms with E-state index in [1.807, 2.05) is 66.7 Å². The Hall–Kier alpha value is -4.47. The highest BCUT2D eigenvalue weighted by molar-refractivity contribution is 6.34.